The van der Waals surface area contributed by atoms with Gasteiger partial charge in [0.1, 0.15) is 5.78 Å². The monoisotopic (exact) mass is 208 g/mol. The summed E-state index contributed by atoms with van der Waals surface area (Å²) >= 11 is 0. The summed E-state index contributed by atoms with van der Waals surface area (Å²) in [5, 5.41) is 0. The molecule has 0 amide bonds. The fraction of sp³-hybridized carbons (Fsp3) is 0.833. The summed E-state index contributed by atoms with van der Waals surface area (Å²) in [7, 11) is 0. The molecular formula is C12H16O3. The van der Waals surface area contributed by atoms with Crippen LogP contribution in [0.2, 0.25) is 0 Å². The summed E-state index contributed by atoms with van der Waals surface area (Å²) in [5.74, 6) is 0.169. The van der Waals surface area contributed by atoms with Crippen molar-refractivity contribution in [1.82, 2.24) is 0 Å². The molecule has 3 heteroatoms. The summed E-state index contributed by atoms with van der Waals surface area (Å²) in [6.45, 7) is 2.69. The van der Waals surface area contributed by atoms with Crippen molar-refractivity contribution in [3.8, 4) is 0 Å². The van der Waals surface area contributed by atoms with Crippen LogP contribution < -0.4 is 0 Å². The Morgan fingerprint density at radius 3 is 2.87 bits per heavy atom. The van der Waals surface area contributed by atoms with Gasteiger partial charge in [0.15, 0.2) is 0 Å². The predicted molar refractivity (Wildman–Crippen MR) is 53.1 cm³/mol. The van der Waals surface area contributed by atoms with Crippen LogP contribution in [0.25, 0.3) is 0 Å². The second-order valence-corrected chi connectivity index (χ2v) is 5.49. The molecule has 15 heavy (non-hydrogen) atoms. The van der Waals surface area contributed by atoms with E-state index < -0.39 is 5.41 Å². The van der Waals surface area contributed by atoms with E-state index in [1.54, 1.807) is 0 Å². The van der Waals surface area contributed by atoms with Gasteiger partial charge >= 0.3 is 5.97 Å². The summed E-state index contributed by atoms with van der Waals surface area (Å²) in [5.41, 5.74) is -0.385. The topological polar surface area (TPSA) is 43.4 Å². The molecule has 2 saturated carbocycles. The van der Waals surface area contributed by atoms with Crippen molar-refractivity contribution in [3.63, 3.8) is 0 Å². The normalized spacial score (nSPS) is 48.7. The Kier molecular flexibility index (Phi) is 1.64. The van der Waals surface area contributed by atoms with Crippen LogP contribution in [-0.2, 0) is 14.3 Å². The zero-order chi connectivity index (χ0) is 10.7. The van der Waals surface area contributed by atoms with Gasteiger partial charge in [0.05, 0.1) is 12.0 Å². The van der Waals surface area contributed by atoms with E-state index in [-0.39, 0.29) is 23.1 Å². The van der Waals surface area contributed by atoms with Crippen molar-refractivity contribution in [2.45, 2.75) is 39.0 Å². The highest BCUT2D eigenvalue weighted by atomic mass is 16.5. The molecule has 3 rings (SSSR count). The van der Waals surface area contributed by atoms with Gasteiger partial charge in [-0.15, -0.1) is 0 Å². The van der Waals surface area contributed by atoms with E-state index in [1.165, 1.54) is 0 Å². The molecule has 1 saturated heterocycles. The standard InChI is InChI=1S/C12H16O3/c1-11-5-6-15-10(14)12(11)4-2-3-9(13)8(12)7-11/h8H,2-7H2,1H3/t8-,11+,12+/m0/s1. The second kappa shape index (κ2) is 2.63. The third kappa shape index (κ3) is 0.876. The van der Waals surface area contributed by atoms with Crippen LogP contribution in [-0.4, -0.2) is 18.4 Å². The molecule has 1 aliphatic heterocycles. The summed E-state index contributed by atoms with van der Waals surface area (Å²) in [6, 6.07) is 0. The van der Waals surface area contributed by atoms with E-state index >= 15 is 0 Å². The summed E-state index contributed by atoms with van der Waals surface area (Å²) < 4.78 is 5.19. The van der Waals surface area contributed by atoms with Gasteiger partial charge in [0.2, 0.25) is 0 Å². The summed E-state index contributed by atoms with van der Waals surface area (Å²) in [6.07, 6.45) is 4.22. The van der Waals surface area contributed by atoms with Crippen molar-refractivity contribution in [1.29, 1.82) is 0 Å². The fourth-order valence-corrected chi connectivity index (χ4v) is 3.99. The van der Waals surface area contributed by atoms with Gasteiger partial charge < -0.3 is 4.74 Å². The molecule has 1 heterocycles. The molecule has 0 aromatic carbocycles. The van der Waals surface area contributed by atoms with Gasteiger partial charge in [-0.25, -0.2) is 0 Å². The highest BCUT2D eigenvalue weighted by Crippen LogP contribution is 2.68. The number of Topliss-reactive ketones (excluding diaryl/α,β-unsaturated/α-hetero) is 1. The molecule has 3 fully saturated rings. The molecule has 82 valence electrons. The number of hydrogen-bond acceptors (Lipinski definition) is 3. The first-order chi connectivity index (χ1) is 7.10. The van der Waals surface area contributed by atoms with Crippen molar-refractivity contribution in [2.75, 3.05) is 6.61 Å². The van der Waals surface area contributed by atoms with Crippen LogP contribution >= 0.6 is 0 Å². The molecule has 2 aliphatic carbocycles. The Labute approximate surface area is 89.2 Å². The Morgan fingerprint density at radius 2 is 2.13 bits per heavy atom. The van der Waals surface area contributed by atoms with Crippen LogP contribution in [0.5, 0.6) is 0 Å². The zero-order valence-electron chi connectivity index (χ0n) is 9.04. The molecule has 3 atom stereocenters. The van der Waals surface area contributed by atoms with Crippen molar-refractivity contribution in [2.24, 2.45) is 16.7 Å². The average molecular weight is 208 g/mol. The van der Waals surface area contributed by atoms with Crippen molar-refractivity contribution >= 4 is 11.8 Å². The number of cyclic esters (lactones) is 1. The third-order valence-electron chi connectivity index (χ3n) is 4.96. The Bertz CT molecular complexity index is 349. The molecular weight excluding hydrogens is 192 g/mol. The van der Waals surface area contributed by atoms with Gasteiger partial charge in [0.25, 0.3) is 0 Å². The van der Waals surface area contributed by atoms with Gasteiger partial charge in [-0.1, -0.05) is 6.92 Å². The van der Waals surface area contributed by atoms with Crippen LogP contribution in [0.3, 0.4) is 0 Å². The number of esters is 1. The minimum Gasteiger partial charge on any atom is -0.465 e. The minimum absolute atomic E-state index is 0.0240. The maximum absolute atomic E-state index is 12.0. The van der Waals surface area contributed by atoms with E-state index in [9.17, 15) is 9.59 Å². The van der Waals surface area contributed by atoms with Crippen LogP contribution in [0.15, 0.2) is 0 Å². The molecule has 3 nitrogen and oxygen atoms in total. The maximum atomic E-state index is 12.0. The maximum Gasteiger partial charge on any atom is 0.313 e. The molecule has 0 aromatic heterocycles. The van der Waals surface area contributed by atoms with Crippen molar-refractivity contribution in [3.05, 3.63) is 0 Å². The van der Waals surface area contributed by atoms with E-state index in [0.717, 1.165) is 25.7 Å². The lowest BCUT2D eigenvalue weighted by atomic mass is 9.38. The van der Waals surface area contributed by atoms with E-state index in [1.807, 2.05) is 0 Å². The first kappa shape index (κ1) is 9.37. The van der Waals surface area contributed by atoms with Gasteiger partial charge in [-0.05, 0) is 31.1 Å². The molecule has 3 aliphatic rings. The fourth-order valence-electron chi connectivity index (χ4n) is 3.99. The lowest BCUT2D eigenvalue weighted by molar-refractivity contribution is -0.225. The number of hydrogen-bond donors (Lipinski definition) is 0. The average Bonchev–Trinajstić information content (AvgIpc) is 2.17. The highest BCUT2D eigenvalue weighted by Gasteiger charge is 2.71. The number of rotatable bonds is 0. The largest absolute Gasteiger partial charge is 0.465 e. The minimum atomic E-state index is -0.430. The quantitative estimate of drug-likeness (QED) is 0.569. The number of ether oxygens (including phenoxy) is 1. The van der Waals surface area contributed by atoms with Gasteiger partial charge in [-0.3, -0.25) is 9.59 Å². The zero-order valence-corrected chi connectivity index (χ0v) is 9.04. The Hall–Kier alpha value is -0.860. The molecule has 0 radical (unpaired) electrons. The summed E-state index contributed by atoms with van der Waals surface area (Å²) in [4.78, 5) is 23.8. The first-order valence-electron chi connectivity index (χ1n) is 5.80. The van der Waals surface area contributed by atoms with E-state index in [4.69, 9.17) is 4.74 Å². The highest BCUT2D eigenvalue weighted by molar-refractivity contribution is 5.93. The van der Waals surface area contributed by atoms with Gasteiger partial charge in [-0.2, -0.15) is 0 Å². The molecule has 0 aromatic rings. The smallest absolute Gasteiger partial charge is 0.313 e. The van der Waals surface area contributed by atoms with Gasteiger partial charge in [0, 0.05) is 12.3 Å². The lowest BCUT2D eigenvalue weighted by Gasteiger charge is -2.64. The molecule has 0 bridgehead atoms. The molecule has 0 N–H and O–H groups in total. The lowest BCUT2D eigenvalue weighted by Crippen LogP contribution is -2.67. The van der Waals surface area contributed by atoms with E-state index in [0.29, 0.717) is 13.0 Å². The van der Waals surface area contributed by atoms with Crippen LogP contribution in [0, 0.1) is 16.7 Å². The van der Waals surface area contributed by atoms with Crippen LogP contribution in [0.4, 0.5) is 0 Å². The predicted octanol–water partition coefficient (Wildman–Crippen LogP) is 1.70. The first-order valence-corrected chi connectivity index (χ1v) is 5.80. The number of ketones is 1. The molecule has 0 unspecified atom stereocenters. The molecule has 1 spiro atoms. The Morgan fingerprint density at radius 1 is 1.33 bits per heavy atom. The van der Waals surface area contributed by atoms with E-state index in [2.05, 4.69) is 6.92 Å². The van der Waals surface area contributed by atoms with Crippen LogP contribution in [0.1, 0.15) is 39.0 Å². The number of carbonyl (C=O) groups is 2. The number of carbonyl (C=O) groups excluding carboxylic acids is 2. The Balaban J connectivity index is 2.04. The van der Waals surface area contributed by atoms with Crippen molar-refractivity contribution < 1.29 is 14.3 Å². The SMILES string of the molecule is C[C@]12CCOC(=O)[C@]13CCCC(=O)[C@@H]3C2. The second-order valence-electron chi connectivity index (χ2n) is 5.49. The third-order valence-corrected chi connectivity index (χ3v) is 4.96.